The molecule has 3 saturated heterocycles. The average Bonchev–Trinajstić information content (AvgIpc) is 2.77. The Bertz CT molecular complexity index is 260. The minimum Gasteiger partial charge on any atom is -0.394 e. The van der Waals surface area contributed by atoms with Gasteiger partial charge >= 0.3 is 0 Å². The Balaban J connectivity index is 1.85. The molecule has 3 fully saturated rings. The Morgan fingerprint density at radius 3 is 2.64 bits per heavy atom. The molecule has 1 N–H and O–H groups in total. The first-order valence-electron chi connectivity index (χ1n) is 4.83. The lowest BCUT2D eigenvalue weighted by molar-refractivity contribution is -0.214. The van der Waals surface area contributed by atoms with Crippen LogP contribution in [0.1, 0.15) is 13.8 Å². The molecule has 0 aromatic heterocycles. The molecule has 3 rings (SSSR count). The van der Waals surface area contributed by atoms with Crippen molar-refractivity contribution in [3.05, 3.63) is 0 Å². The molecule has 3 heterocycles. The smallest absolute Gasteiger partial charge is 0.190 e. The van der Waals surface area contributed by atoms with Crippen molar-refractivity contribution < 1.29 is 24.1 Å². The van der Waals surface area contributed by atoms with Crippen LogP contribution in [0.2, 0.25) is 0 Å². The Kier molecular flexibility index (Phi) is 1.61. The highest BCUT2D eigenvalue weighted by Crippen LogP contribution is 2.51. The lowest BCUT2D eigenvalue weighted by Crippen LogP contribution is -2.39. The number of rotatable bonds is 1. The van der Waals surface area contributed by atoms with E-state index in [1.54, 1.807) is 0 Å². The second-order valence-electron chi connectivity index (χ2n) is 4.48. The Hall–Kier alpha value is -0.200. The van der Waals surface area contributed by atoms with Crippen molar-refractivity contribution in [2.45, 2.75) is 43.7 Å². The molecule has 80 valence electrons. The molecule has 3 aliphatic rings. The molecule has 0 radical (unpaired) electrons. The van der Waals surface area contributed by atoms with Gasteiger partial charge in [-0.3, -0.25) is 0 Å². The van der Waals surface area contributed by atoms with Gasteiger partial charge in [-0.2, -0.15) is 0 Å². The third-order valence-electron chi connectivity index (χ3n) is 3.03. The van der Waals surface area contributed by atoms with Gasteiger partial charge in [-0.1, -0.05) is 0 Å². The van der Waals surface area contributed by atoms with Gasteiger partial charge in [0.2, 0.25) is 0 Å². The Labute approximate surface area is 81.9 Å². The topological polar surface area (TPSA) is 60.5 Å². The van der Waals surface area contributed by atoms with Crippen LogP contribution in [0.25, 0.3) is 0 Å². The molecule has 5 heteroatoms. The molecule has 0 saturated carbocycles. The number of hydrogen-bond donors (Lipinski definition) is 1. The second kappa shape index (κ2) is 2.48. The van der Waals surface area contributed by atoms with Gasteiger partial charge in [-0.15, -0.1) is 0 Å². The molecule has 3 aliphatic heterocycles. The van der Waals surface area contributed by atoms with Gasteiger partial charge in [0.1, 0.15) is 12.2 Å². The zero-order valence-electron chi connectivity index (χ0n) is 8.23. The molecule has 0 aromatic carbocycles. The number of ether oxygens (including phenoxy) is 4. The van der Waals surface area contributed by atoms with Gasteiger partial charge in [0.05, 0.1) is 13.2 Å². The lowest BCUT2D eigenvalue weighted by Gasteiger charge is -2.22. The summed E-state index contributed by atoms with van der Waals surface area (Å²) in [7, 11) is 0. The van der Waals surface area contributed by atoms with Crippen LogP contribution in [0.4, 0.5) is 0 Å². The lowest BCUT2D eigenvalue weighted by atomic mass is 10.0. The van der Waals surface area contributed by atoms with E-state index in [0.717, 1.165) is 0 Å². The van der Waals surface area contributed by atoms with E-state index in [1.807, 2.05) is 13.8 Å². The first-order valence-corrected chi connectivity index (χ1v) is 4.83. The molecule has 4 atom stereocenters. The largest absolute Gasteiger partial charge is 0.394 e. The van der Waals surface area contributed by atoms with Crippen molar-refractivity contribution in [2.24, 2.45) is 0 Å². The van der Waals surface area contributed by atoms with Gasteiger partial charge in [-0.25, -0.2) is 0 Å². The first-order chi connectivity index (χ1) is 6.57. The van der Waals surface area contributed by atoms with Crippen LogP contribution in [0.3, 0.4) is 0 Å². The maximum atomic E-state index is 9.11. The number of aliphatic hydroxyl groups excluding tert-OH is 1. The molecule has 0 bridgehead atoms. The summed E-state index contributed by atoms with van der Waals surface area (Å²) in [6.07, 6.45) is -0.909. The predicted molar refractivity (Wildman–Crippen MR) is 44.5 cm³/mol. The van der Waals surface area contributed by atoms with Crippen molar-refractivity contribution in [1.29, 1.82) is 0 Å². The summed E-state index contributed by atoms with van der Waals surface area (Å²) in [6.45, 7) is 4.22. The number of fused-ring (bicyclic) bond motifs is 2. The summed E-state index contributed by atoms with van der Waals surface area (Å²) in [6, 6.07) is 0. The van der Waals surface area contributed by atoms with E-state index >= 15 is 0 Å². The van der Waals surface area contributed by atoms with Crippen molar-refractivity contribution in [3.8, 4) is 0 Å². The first kappa shape index (κ1) is 9.06. The minimum atomic E-state index is -0.616. The molecule has 1 spiro atoms. The maximum Gasteiger partial charge on any atom is 0.190 e. The van der Waals surface area contributed by atoms with E-state index in [9.17, 15) is 0 Å². The molecule has 5 nitrogen and oxygen atoms in total. The summed E-state index contributed by atoms with van der Waals surface area (Å²) in [5.41, 5.74) is -0.451. The molecule has 0 unspecified atom stereocenters. The average molecular weight is 202 g/mol. The second-order valence-corrected chi connectivity index (χ2v) is 4.48. The van der Waals surface area contributed by atoms with Gasteiger partial charge in [0, 0.05) is 0 Å². The van der Waals surface area contributed by atoms with Crippen molar-refractivity contribution in [3.63, 3.8) is 0 Å². The van der Waals surface area contributed by atoms with Crippen molar-refractivity contribution in [1.82, 2.24) is 0 Å². The summed E-state index contributed by atoms with van der Waals surface area (Å²) < 4.78 is 22.1. The van der Waals surface area contributed by atoms with Crippen molar-refractivity contribution in [2.75, 3.05) is 13.2 Å². The van der Waals surface area contributed by atoms with E-state index in [-0.39, 0.29) is 18.8 Å². The molecule has 0 amide bonds. The maximum absolute atomic E-state index is 9.11. The highest BCUT2D eigenvalue weighted by molar-refractivity contribution is 5.13. The molecule has 0 aliphatic carbocycles. The summed E-state index contributed by atoms with van der Waals surface area (Å²) in [5.74, 6) is -0.616. The minimum absolute atomic E-state index is 0.0554. The van der Waals surface area contributed by atoms with E-state index in [4.69, 9.17) is 24.1 Å². The zero-order valence-corrected chi connectivity index (χ0v) is 8.23. The van der Waals surface area contributed by atoms with Crippen LogP contribution >= 0.6 is 0 Å². The standard InChI is InChI=1S/C9H14O5/c1-8(2)13-6-7(14-8)12-5(3-10)9(6)4-11-9/h5-7,10H,3-4H2,1-2H3/t5-,6+,7-,9+/m1/s1. The summed E-state index contributed by atoms with van der Waals surface area (Å²) in [4.78, 5) is 0. The fourth-order valence-corrected chi connectivity index (χ4v) is 2.25. The SMILES string of the molecule is CC1(C)O[C@H]2O[C@H](CO)[C@@]3(CO3)[C@H]2O1. The van der Waals surface area contributed by atoms with Crippen LogP contribution in [0.15, 0.2) is 0 Å². The van der Waals surface area contributed by atoms with Gasteiger partial charge in [0.25, 0.3) is 0 Å². The van der Waals surface area contributed by atoms with Crippen LogP contribution in [0.5, 0.6) is 0 Å². The number of epoxide rings is 1. The quantitative estimate of drug-likeness (QED) is 0.587. The van der Waals surface area contributed by atoms with E-state index < -0.39 is 17.7 Å². The van der Waals surface area contributed by atoms with Gasteiger partial charge in [-0.05, 0) is 13.8 Å². The zero-order chi connectivity index (χ0) is 9.97. The van der Waals surface area contributed by atoms with Gasteiger partial charge < -0.3 is 24.1 Å². The van der Waals surface area contributed by atoms with E-state index in [2.05, 4.69) is 0 Å². The molecular formula is C9H14O5. The third-order valence-corrected chi connectivity index (χ3v) is 3.03. The van der Waals surface area contributed by atoms with Gasteiger partial charge in [0.15, 0.2) is 17.7 Å². The van der Waals surface area contributed by atoms with Crippen LogP contribution < -0.4 is 0 Å². The van der Waals surface area contributed by atoms with Crippen LogP contribution in [-0.4, -0.2) is 48.2 Å². The van der Waals surface area contributed by atoms with E-state index in [0.29, 0.717) is 6.61 Å². The van der Waals surface area contributed by atoms with Crippen molar-refractivity contribution >= 4 is 0 Å². The molecular weight excluding hydrogens is 188 g/mol. The number of aliphatic hydroxyl groups is 1. The summed E-state index contributed by atoms with van der Waals surface area (Å²) >= 11 is 0. The summed E-state index contributed by atoms with van der Waals surface area (Å²) in [5, 5.41) is 9.11. The normalized spacial score (nSPS) is 53.8. The van der Waals surface area contributed by atoms with E-state index in [1.165, 1.54) is 0 Å². The van der Waals surface area contributed by atoms with Crippen LogP contribution in [-0.2, 0) is 18.9 Å². The number of hydrogen-bond acceptors (Lipinski definition) is 5. The fraction of sp³-hybridized carbons (Fsp3) is 1.00. The molecule has 0 aromatic rings. The molecule has 14 heavy (non-hydrogen) atoms. The van der Waals surface area contributed by atoms with Crippen LogP contribution in [0, 0.1) is 0 Å². The highest BCUT2D eigenvalue weighted by atomic mass is 16.9. The Morgan fingerprint density at radius 2 is 2.07 bits per heavy atom. The highest BCUT2D eigenvalue weighted by Gasteiger charge is 2.71. The monoisotopic (exact) mass is 202 g/mol. The fourth-order valence-electron chi connectivity index (χ4n) is 2.25. The Morgan fingerprint density at radius 1 is 1.36 bits per heavy atom. The predicted octanol–water partition coefficient (Wildman–Crippen LogP) is -0.376. The third kappa shape index (κ3) is 1.02.